The van der Waals surface area contributed by atoms with Gasteiger partial charge in [-0.15, -0.1) is 0 Å². The van der Waals surface area contributed by atoms with Crippen molar-refractivity contribution in [1.29, 1.82) is 0 Å². The topological polar surface area (TPSA) is 26.0 Å². The molecule has 0 aromatic heterocycles. The molecule has 1 aromatic carbocycles. The van der Waals surface area contributed by atoms with Gasteiger partial charge in [0.15, 0.2) is 0 Å². The molecule has 1 rings (SSSR count). The molecule has 0 bridgehead atoms. The molecular weight excluding hydrogens is 208 g/mol. The van der Waals surface area contributed by atoms with Crippen molar-refractivity contribution >= 4 is 11.6 Å². The van der Waals surface area contributed by atoms with E-state index in [-0.39, 0.29) is 6.42 Å². The van der Waals surface area contributed by atoms with Crippen LogP contribution >= 0.6 is 11.6 Å². The molecule has 1 nitrogen and oxygen atoms in total. The first-order valence-electron chi connectivity index (χ1n) is 4.30. The van der Waals surface area contributed by atoms with Crippen LogP contribution in [0.15, 0.2) is 18.2 Å². The maximum absolute atomic E-state index is 12.0. The molecular formula is C10H12ClF2N. The zero-order chi connectivity index (χ0) is 10.7. The van der Waals surface area contributed by atoms with Crippen LogP contribution in [0.4, 0.5) is 8.78 Å². The van der Waals surface area contributed by atoms with Crippen LogP contribution in [0.1, 0.15) is 23.6 Å². The third-order valence-corrected chi connectivity index (χ3v) is 2.46. The van der Waals surface area contributed by atoms with Gasteiger partial charge in [-0.2, -0.15) is 0 Å². The largest absolute Gasteiger partial charge is 0.324 e. The number of nitrogens with two attached hydrogens (primary N) is 1. The third kappa shape index (κ3) is 2.93. The standard InChI is InChI=1S/C10H12ClF2N/c1-6-2-3-7(4-8(6)11)9(14)5-10(12)13/h2-4,9-10H,5,14H2,1H3/t9-/m1/s1. The Bertz CT molecular complexity index is 315. The lowest BCUT2D eigenvalue weighted by molar-refractivity contribution is 0.128. The monoisotopic (exact) mass is 219 g/mol. The zero-order valence-corrected chi connectivity index (χ0v) is 8.56. The Labute approximate surface area is 86.9 Å². The third-order valence-electron chi connectivity index (χ3n) is 2.06. The van der Waals surface area contributed by atoms with E-state index in [2.05, 4.69) is 0 Å². The summed E-state index contributed by atoms with van der Waals surface area (Å²) in [7, 11) is 0. The summed E-state index contributed by atoms with van der Waals surface area (Å²) in [5.74, 6) is 0. The van der Waals surface area contributed by atoms with E-state index in [4.69, 9.17) is 17.3 Å². The van der Waals surface area contributed by atoms with Crippen molar-refractivity contribution in [3.8, 4) is 0 Å². The number of aryl methyl sites for hydroxylation is 1. The van der Waals surface area contributed by atoms with Crippen molar-refractivity contribution < 1.29 is 8.78 Å². The molecule has 1 atom stereocenters. The van der Waals surface area contributed by atoms with E-state index >= 15 is 0 Å². The van der Waals surface area contributed by atoms with Gasteiger partial charge in [-0.1, -0.05) is 23.7 Å². The summed E-state index contributed by atoms with van der Waals surface area (Å²) in [6.07, 6.45) is -2.72. The molecule has 4 heteroatoms. The number of hydrogen-bond donors (Lipinski definition) is 1. The van der Waals surface area contributed by atoms with Crippen molar-refractivity contribution in [2.45, 2.75) is 25.8 Å². The second-order valence-corrected chi connectivity index (χ2v) is 3.65. The Kier molecular flexibility index (Phi) is 3.84. The lowest BCUT2D eigenvalue weighted by Gasteiger charge is -2.12. The van der Waals surface area contributed by atoms with Crippen LogP contribution in [-0.4, -0.2) is 6.43 Å². The minimum absolute atomic E-state index is 0.334. The Morgan fingerprint density at radius 2 is 2.07 bits per heavy atom. The highest BCUT2D eigenvalue weighted by atomic mass is 35.5. The van der Waals surface area contributed by atoms with Gasteiger partial charge in [0, 0.05) is 17.5 Å². The summed E-state index contributed by atoms with van der Waals surface area (Å²) in [4.78, 5) is 0. The molecule has 0 spiro atoms. The smallest absolute Gasteiger partial charge is 0.240 e. The highest BCUT2D eigenvalue weighted by molar-refractivity contribution is 6.31. The first-order valence-corrected chi connectivity index (χ1v) is 4.68. The minimum Gasteiger partial charge on any atom is -0.324 e. The summed E-state index contributed by atoms with van der Waals surface area (Å²) < 4.78 is 24.1. The molecule has 0 amide bonds. The molecule has 14 heavy (non-hydrogen) atoms. The SMILES string of the molecule is Cc1ccc([C@H](N)CC(F)F)cc1Cl. The first-order chi connectivity index (χ1) is 6.50. The molecule has 0 unspecified atom stereocenters. The fraction of sp³-hybridized carbons (Fsp3) is 0.400. The van der Waals surface area contributed by atoms with E-state index < -0.39 is 12.5 Å². The Morgan fingerprint density at radius 1 is 1.43 bits per heavy atom. The van der Waals surface area contributed by atoms with Crippen LogP contribution in [0.5, 0.6) is 0 Å². The summed E-state index contributed by atoms with van der Waals surface area (Å²) >= 11 is 5.85. The summed E-state index contributed by atoms with van der Waals surface area (Å²) in [5.41, 5.74) is 7.15. The summed E-state index contributed by atoms with van der Waals surface area (Å²) in [6, 6.07) is 4.51. The Balaban J connectivity index is 2.80. The average Bonchev–Trinajstić information content (AvgIpc) is 2.08. The van der Waals surface area contributed by atoms with Gasteiger partial charge in [0.25, 0.3) is 0 Å². The molecule has 78 valence electrons. The predicted molar refractivity (Wildman–Crippen MR) is 53.7 cm³/mol. The lowest BCUT2D eigenvalue weighted by atomic mass is 10.0. The van der Waals surface area contributed by atoms with Crippen molar-refractivity contribution in [2.75, 3.05) is 0 Å². The van der Waals surface area contributed by atoms with Crippen molar-refractivity contribution in [2.24, 2.45) is 5.73 Å². The van der Waals surface area contributed by atoms with Crippen LogP contribution in [0.25, 0.3) is 0 Å². The highest BCUT2D eigenvalue weighted by Crippen LogP contribution is 2.23. The van der Waals surface area contributed by atoms with E-state index in [0.717, 1.165) is 5.56 Å². The van der Waals surface area contributed by atoms with Gasteiger partial charge in [-0.3, -0.25) is 0 Å². The maximum atomic E-state index is 12.0. The second-order valence-electron chi connectivity index (χ2n) is 3.24. The summed E-state index contributed by atoms with van der Waals surface area (Å²) in [6.45, 7) is 1.85. The van der Waals surface area contributed by atoms with E-state index in [1.165, 1.54) is 0 Å². The van der Waals surface area contributed by atoms with Gasteiger partial charge in [0.1, 0.15) is 0 Å². The molecule has 0 heterocycles. The number of rotatable bonds is 3. The molecule has 0 saturated heterocycles. The minimum atomic E-state index is -2.38. The molecule has 0 fully saturated rings. The fourth-order valence-corrected chi connectivity index (χ4v) is 1.36. The number of benzene rings is 1. The number of hydrogen-bond acceptors (Lipinski definition) is 1. The number of alkyl halides is 2. The van der Waals surface area contributed by atoms with Crippen molar-refractivity contribution in [3.05, 3.63) is 34.3 Å². The Hall–Kier alpha value is -0.670. The van der Waals surface area contributed by atoms with E-state index in [1.54, 1.807) is 18.2 Å². The van der Waals surface area contributed by atoms with Crippen molar-refractivity contribution in [1.82, 2.24) is 0 Å². The first kappa shape index (κ1) is 11.4. The van der Waals surface area contributed by atoms with Crippen LogP contribution in [-0.2, 0) is 0 Å². The molecule has 0 saturated carbocycles. The van der Waals surface area contributed by atoms with E-state index in [9.17, 15) is 8.78 Å². The number of halogens is 3. The van der Waals surface area contributed by atoms with Gasteiger partial charge in [0.05, 0.1) is 0 Å². The lowest BCUT2D eigenvalue weighted by Crippen LogP contribution is -2.13. The summed E-state index contributed by atoms with van der Waals surface area (Å²) in [5, 5.41) is 0.562. The van der Waals surface area contributed by atoms with Gasteiger partial charge in [0.2, 0.25) is 6.43 Å². The van der Waals surface area contributed by atoms with Crippen LogP contribution in [0.3, 0.4) is 0 Å². The predicted octanol–water partition coefficient (Wildman–Crippen LogP) is 3.30. The average molecular weight is 220 g/mol. The zero-order valence-electron chi connectivity index (χ0n) is 7.81. The van der Waals surface area contributed by atoms with Crippen LogP contribution in [0, 0.1) is 6.92 Å². The molecule has 0 aliphatic carbocycles. The highest BCUT2D eigenvalue weighted by Gasteiger charge is 2.13. The molecule has 0 radical (unpaired) electrons. The second kappa shape index (κ2) is 4.71. The quantitative estimate of drug-likeness (QED) is 0.830. The van der Waals surface area contributed by atoms with Crippen LogP contribution in [0.2, 0.25) is 5.02 Å². The Morgan fingerprint density at radius 3 is 2.57 bits per heavy atom. The molecule has 1 aromatic rings. The van der Waals surface area contributed by atoms with Crippen molar-refractivity contribution in [3.63, 3.8) is 0 Å². The fourth-order valence-electron chi connectivity index (χ4n) is 1.17. The van der Waals surface area contributed by atoms with Gasteiger partial charge in [-0.05, 0) is 24.1 Å². The molecule has 2 N–H and O–H groups in total. The normalized spacial score (nSPS) is 13.3. The molecule has 0 aliphatic heterocycles. The van der Waals surface area contributed by atoms with Gasteiger partial charge < -0.3 is 5.73 Å². The van der Waals surface area contributed by atoms with E-state index in [1.807, 2.05) is 6.92 Å². The van der Waals surface area contributed by atoms with Crippen LogP contribution < -0.4 is 5.73 Å². The maximum Gasteiger partial charge on any atom is 0.240 e. The van der Waals surface area contributed by atoms with Gasteiger partial charge >= 0.3 is 0 Å². The van der Waals surface area contributed by atoms with Gasteiger partial charge in [-0.25, -0.2) is 8.78 Å². The van der Waals surface area contributed by atoms with E-state index in [0.29, 0.717) is 10.6 Å². The molecule has 0 aliphatic rings.